The van der Waals surface area contributed by atoms with Gasteiger partial charge >= 0.3 is 0 Å². The van der Waals surface area contributed by atoms with E-state index in [9.17, 15) is 10.1 Å². The summed E-state index contributed by atoms with van der Waals surface area (Å²) in [6, 6.07) is 9.23. The molecule has 0 saturated heterocycles. The fourth-order valence-corrected chi connectivity index (χ4v) is 5.92. The minimum absolute atomic E-state index is 0.00782. The number of nitrogens with one attached hydrogen (secondary N) is 1. The normalized spacial score (nSPS) is 34.6. The quantitative estimate of drug-likeness (QED) is 0.893. The fraction of sp³-hybridized carbons (Fsp3) is 0.600. The van der Waals surface area contributed by atoms with Crippen molar-refractivity contribution < 1.29 is 10.1 Å². The van der Waals surface area contributed by atoms with Gasteiger partial charge in [0.1, 0.15) is 6.07 Å². The lowest BCUT2D eigenvalue weighted by atomic mass is 9.53. The van der Waals surface area contributed by atoms with Gasteiger partial charge in [-0.2, -0.15) is 5.26 Å². The standard InChI is InChI=1S/C20H25N3O/c1-13(19(24)22-18-5-3-2-4-17(18)12-21)23-20-9-14-6-15(10-20)8-16(7-14)11-20/h2-5,13-16,23H,6-11H2,1H3,(H,22,24)/p+1/t13-,14?,15?,16?,20?/m1/s1. The molecule has 1 amide bonds. The lowest BCUT2D eigenvalue weighted by Crippen LogP contribution is -3.03. The summed E-state index contributed by atoms with van der Waals surface area (Å²) in [6.07, 6.45) is 8.11. The summed E-state index contributed by atoms with van der Waals surface area (Å²) in [4.78, 5) is 12.7. The van der Waals surface area contributed by atoms with Gasteiger partial charge in [0.05, 0.1) is 16.8 Å². The molecule has 0 unspecified atom stereocenters. The number of rotatable bonds is 4. The molecule has 0 aromatic heterocycles. The molecule has 4 bridgehead atoms. The van der Waals surface area contributed by atoms with E-state index < -0.39 is 0 Å². The van der Waals surface area contributed by atoms with Gasteiger partial charge in [0.25, 0.3) is 5.91 Å². The first-order valence-corrected chi connectivity index (χ1v) is 9.23. The summed E-state index contributed by atoms with van der Waals surface area (Å²) < 4.78 is 0. The summed E-state index contributed by atoms with van der Waals surface area (Å²) in [5.41, 5.74) is 1.43. The van der Waals surface area contributed by atoms with Crippen LogP contribution in [-0.4, -0.2) is 17.5 Å². The zero-order valence-electron chi connectivity index (χ0n) is 14.3. The molecule has 4 aliphatic rings. The van der Waals surface area contributed by atoms with Crippen LogP contribution in [0.2, 0.25) is 0 Å². The summed E-state index contributed by atoms with van der Waals surface area (Å²) in [7, 11) is 0. The summed E-state index contributed by atoms with van der Waals surface area (Å²) in [5.74, 6) is 2.68. The molecule has 4 aliphatic carbocycles. The second-order valence-electron chi connectivity index (χ2n) is 8.38. The van der Waals surface area contributed by atoms with Crippen LogP contribution in [0.25, 0.3) is 0 Å². The molecule has 4 nitrogen and oxygen atoms in total. The largest absolute Gasteiger partial charge is 0.331 e. The number of carbonyl (C=O) groups excluding carboxylic acids is 1. The maximum Gasteiger partial charge on any atom is 0.282 e. The van der Waals surface area contributed by atoms with Crippen molar-refractivity contribution in [3.05, 3.63) is 29.8 Å². The van der Waals surface area contributed by atoms with Crippen molar-refractivity contribution in [1.29, 1.82) is 5.26 Å². The predicted octanol–water partition coefficient (Wildman–Crippen LogP) is 2.42. The molecule has 4 heteroatoms. The maximum absolute atomic E-state index is 12.7. The number of para-hydroxylation sites is 1. The summed E-state index contributed by atoms with van der Waals surface area (Å²) in [5, 5.41) is 14.5. The number of amides is 1. The zero-order chi connectivity index (χ0) is 16.7. The van der Waals surface area contributed by atoms with Crippen molar-refractivity contribution in [2.45, 2.75) is 57.0 Å². The van der Waals surface area contributed by atoms with Crippen LogP contribution in [0.5, 0.6) is 0 Å². The highest BCUT2D eigenvalue weighted by Crippen LogP contribution is 2.54. The van der Waals surface area contributed by atoms with Crippen LogP contribution in [0, 0.1) is 29.1 Å². The number of nitrogens with zero attached hydrogens (tertiary/aromatic N) is 1. The Hall–Kier alpha value is -1.86. The SMILES string of the molecule is C[C@@H]([NH2+]C12CC3CC(CC(C3)C1)C2)C(=O)Nc1ccccc1C#N. The van der Waals surface area contributed by atoms with Crippen LogP contribution in [0.4, 0.5) is 5.69 Å². The van der Waals surface area contributed by atoms with Crippen LogP contribution in [0.1, 0.15) is 51.0 Å². The number of carbonyl (C=O) groups is 1. The molecule has 4 fully saturated rings. The molecule has 1 aromatic carbocycles. The number of hydrogen-bond acceptors (Lipinski definition) is 2. The zero-order valence-corrected chi connectivity index (χ0v) is 14.3. The van der Waals surface area contributed by atoms with Gasteiger partial charge in [-0.05, 0) is 56.1 Å². The van der Waals surface area contributed by atoms with E-state index in [2.05, 4.69) is 16.7 Å². The number of benzene rings is 1. The monoisotopic (exact) mass is 324 g/mol. The first kappa shape index (κ1) is 15.7. The molecule has 0 spiro atoms. The number of quaternary nitrogens is 1. The van der Waals surface area contributed by atoms with E-state index in [1.807, 2.05) is 19.1 Å². The van der Waals surface area contributed by atoms with E-state index >= 15 is 0 Å². The Kier molecular flexibility index (Phi) is 3.85. The van der Waals surface area contributed by atoms with Gasteiger partial charge in [-0.3, -0.25) is 4.79 Å². The molecule has 5 rings (SSSR count). The van der Waals surface area contributed by atoms with E-state index in [0.717, 1.165) is 17.8 Å². The Morgan fingerprint density at radius 3 is 2.38 bits per heavy atom. The molecule has 4 saturated carbocycles. The van der Waals surface area contributed by atoms with Crippen molar-refractivity contribution in [1.82, 2.24) is 0 Å². The highest BCUT2D eigenvalue weighted by Gasteiger charge is 2.54. The number of anilines is 1. The lowest BCUT2D eigenvalue weighted by Gasteiger charge is -2.55. The average Bonchev–Trinajstić information content (AvgIpc) is 2.53. The number of hydrogen-bond donors (Lipinski definition) is 2. The first-order valence-electron chi connectivity index (χ1n) is 9.23. The van der Waals surface area contributed by atoms with E-state index in [0.29, 0.717) is 16.8 Å². The molecule has 0 radical (unpaired) electrons. The average molecular weight is 324 g/mol. The highest BCUT2D eigenvalue weighted by atomic mass is 16.2. The van der Waals surface area contributed by atoms with E-state index in [1.54, 1.807) is 12.1 Å². The minimum atomic E-state index is -0.118. The molecule has 3 N–H and O–H groups in total. The third-order valence-corrected chi connectivity index (χ3v) is 6.41. The van der Waals surface area contributed by atoms with Gasteiger partial charge in [0.2, 0.25) is 0 Å². The van der Waals surface area contributed by atoms with Crippen LogP contribution in [-0.2, 0) is 4.79 Å². The van der Waals surface area contributed by atoms with Crippen molar-refractivity contribution in [3.8, 4) is 6.07 Å². The molecule has 1 atom stereocenters. The smallest absolute Gasteiger partial charge is 0.282 e. The second-order valence-corrected chi connectivity index (χ2v) is 8.38. The fourth-order valence-electron chi connectivity index (χ4n) is 5.92. The Bertz CT molecular complexity index is 655. The van der Waals surface area contributed by atoms with Gasteiger partial charge < -0.3 is 10.6 Å². The van der Waals surface area contributed by atoms with Gasteiger partial charge in [0, 0.05) is 19.3 Å². The Morgan fingerprint density at radius 2 is 1.79 bits per heavy atom. The molecule has 0 heterocycles. The van der Waals surface area contributed by atoms with E-state index in [-0.39, 0.29) is 11.9 Å². The molecule has 24 heavy (non-hydrogen) atoms. The van der Waals surface area contributed by atoms with Gasteiger partial charge in [-0.25, -0.2) is 0 Å². The van der Waals surface area contributed by atoms with Crippen molar-refractivity contribution >= 4 is 11.6 Å². The summed E-state index contributed by atoms with van der Waals surface area (Å²) >= 11 is 0. The molecule has 0 aliphatic heterocycles. The molecule has 1 aromatic rings. The van der Waals surface area contributed by atoms with Gasteiger partial charge in [0.15, 0.2) is 6.04 Å². The Morgan fingerprint density at radius 1 is 1.21 bits per heavy atom. The van der Waals surface area contributed by atoms with Crippen LogP contribution >= 0.6 is 0 Å². The minimum Gasteiger partial charge on any atom is -0.331 e. The van der Waals surface area contributed by atoms with Gasteiger partial charge in [-0.15, -0.1) is 0 Å². The molecule has 126 valence electrons. The Balaban J connectivity index is 1.44. The number of nitrogens with two attached hydrogens (primary N) is 1. The van der Waals surface area contributed by atoms with Gasteiger partial charge in [-0.1, -0.05) is 12.1 Å². The molecular formula is C20H26N3O+. The third-order valence-electron chi connectivity index (χ3n) is 6.41. The van der Waals surface area contributed by atoms with Crippen LogP contribution in [0.3, 0.4) is 0 Å². The van der Waals surface area contributed by atoms with E-state index in [1.165, 1.54) is 38.5 Å². The van der Waals surface area contributed by atoms with Crippen LogP contribution < -0.4 is 10.6 Å². The van der Waals surface area contributed by atoms with E-state index in [4.69, 9.17) is 0 Å². The third kappa shape index (κ3) is 2.82. The predicted molar refractivity (Wildman–Crippen MR) is 92.1 cm³/mol. The van der Waals surface area contributed by atoms with Crippen molar-refractivity contribution in [3.63, 3.8) is 0 Å². The maximum atomic E-state index is 12.7. The van der Waals surface area contributed by atoms with Crippen molar-refractivity contribution in [2.75, 3.05) is 5.32 Å². The number of nitriles is 1. The Labute approximate surface area is 143 Å². The topological polar surface area (TPSA) is 69.5 Å². The summed E-state index contributed by atoms with van der Waals surface area (Å²) in [6.45, 7) is 2.00. The first-order chi connectivity index (χ1) is 11.6. The highest BCUT2D eigenvalue weighted by molar-refractivity contribution is 5.94. The second kappa shape index (κ2) is 5.89. The molecular weight excluding hydrogens is 298 g/mol. The van der Waals surface area contributed by atoms with Crippen molar-refractivity contribution in [2.24, 2.45) is 17.8 Å². The lowest BCUT2D eigenvalue weighted by molar-refractivity contribution is -0.754. The van der Waals surface area contributed by atoms with Crippen LogP contribution in [0.15, 0.2) is 24.3 Å².